The summed E-state index contributed by atoms with van der Waals surface area (Å²) < 4.78 is 30.3. The molecule has 0 saturated heterocycles. The largest absolute Gasteiger partial charge is 0.731 e. The fourth-order valence-corrected chi connectivity index (χ4v) is 3.63. The molecule has 0 saturated carbocycles. The number of benzene rings is 1. The molecule has 30 heavy (non-hydrogen) atoms. The number of nitrogens with zero attached hydrogens (tertiary/aromatic N) is 1. The lowest BCUT2D eigenvalue weighted by Gasteiger charge is -2.22. The van der Waals surface area contributed by atoms with E-state index in [0.717, 1.165) is 0 Å². The predicted molar refractivity (Wildman–Crippen MR) is 97.1 cm³/mol. The third-order valence-corrected chi connectivity index (χ3v) is 5.48. The molecule has 2 rings (SSSR count). The van der Waals surface area contributed by atoms with Crippen LogP contribution in [0.5, 0.6) is 0 Å². The van der Waals surface area contributed by atoms with E-state index in [2.05, 4.69) is 10.3 Å². The molecule has 1 aliphatic heterocycles. The number of sulfone groups is 1. The lowest BCUT2D eigenvalue weighted by atomic mass is 10.1. The number of carboxylic acids is 2. The number of amides is 1. The van der Waals surface area contributed by atoms with Gasteiger partial charge in [0.25, 0.3) is 5.88 Å². The topological polar surface area (TPSA) is 195 Å². The van der Waals surface area contributed by atoms with Crippen LogP contribution in [0.3, 0.4) is 0 Å². The van der Waals surface area contributed by atoms with Gasteiger partial charge in [-0.05, 0) is 18.6 Å². The van der Waals surface area contributed by atoms with Gasteiger partial charge in [0.15, 0.2) is 0 Å². The first kappa shape index (κ1) is 22.9. The number of rotatable bonds is 11. The van der Waals surface area contributed by atoms with Crippen molar-refractivity contribution in [2.75, 3.05) is 6.61 Å². The van der Waals surface area contributed by atoms with Gasteiger partial charge >= 0.3 is 11.9 Å². The van der Waals surface area contributed by atoms with Crippen LogP contribution in [0.4, 0.5) is 0 Å². The molecule has 0 aliphatic carbocycles. The van der Waals surface area contributed by atoms with Gasteiger partial charge in [0.05, 0.1) is 17.9 Å². The summed E-state index contributed by atoms with van der Waals surface area (Å²) in [6, 6.07) is 5.63. The van der Waals surface area contributed by atoms with E-state index < -0.39 is 64.1 Å². The third kappa shape index (κ3) is 5.82. The lowest BCUT2D eigenvalue weighted by Crippen LogP contribution is -2.41. The summed E-state index contributed by atoms with van der Waals surface area (Å²) in [5.41, 5.74) is 2.00. The molecule has 13 nitrogen and oxygen atoms in total. The highest BCUT2D eigenvalue weighted by molar-refractivity contribution is 7.95. The molecule has 1 heterocycles. The highest BCUT2D eigenvalue weighted by Crippen LogP contribution is 2.27. The van der Waals surface area contributed by atoms with E-state index >= 15 is 0 Å². The highest BCUT2D eigenvalue weighted by Gasteiger charge is 2.33. The molecule has 0 fully saturated rings. The second-order valence-corrected chi connectivity index (χ2v) is 7.76. The van der Waals surface area contributed by atoms with E-state index in [0.29, 0.717) is 0 Å². The third-order valence-electron chi connectivity index (χ3n) is 3.75. The number of hydrogen-bond acceptors (Lipinski definition) is 10. The van der Waals surface area contributed by atoms with Gasteiger partial charge in [-0.2, -0.15) is 4.94 Å². The van der Waals surface area contributed by atoms with Crippen LogP contribution in [0.15, 0.2) is 46.1 Å². The molecule has 14 heteroatoms. The van der Waals surface area contributed by atoms with Crippen molar-refractivity contribution in [3.63, 3.8) is 0 Å². The van der Waals surface area contributed by atoms with Gasteiger partial charge in [0, 0.05) is 6.42 Å². The molecule has 0 unspecified atom stereocenters. The molecule has 1 atom stereocenters. The molecule has 164 valence electrons. The number of carbonyl (C=O) groups excluding carboxylic acids is 1. The van der Waals surface area contributed by atoms with Crippen LogP contribution in [-0.4, -0.2) is 54.4 Å². The fraction of sp³-hybridized carbons (Fsp3) is 0.312. The Bertz CT molecular complexity index is 932. The second-order valence-electron chi connectivity index (χ2n) is 5.89. The first-order valence-corrected chi connectivity index (χ1v) is 9.92. The molecule has 0 aromatic heterocycles. The summed E-state index contributed by atoms with van der Waals surface area (Å²) in [5.74, 6) is -3.94. The smallest absolute Gasteiger partial charge is 0.326 e. The Balaban J connectivity index is 2.00. The Morgan fingerprint density at radius 3 is 2.47 bits per heavy atom. The van der Waals surface area contributed by atoms with Crippen LogP contribution in [0.25, 0.3) is 0 Å². The van der Waals surface area contributed by atoms with Crippen molar-refractivity contribution in [2.45, 2.75) is 30.2 Å². The number of nitrogens with one attached hydrogen (secondary N) is 2. The van der Waals surface area contributed by atoms with Crippen LogP contribution in [-0.2, 0) is 33.9 Å². The quantitative estimate of drug-likeness (QED) is 0.348. The number of hydrogen-bond donors (Lipinski definition) is 4. The fourth-order valence-electron chi connectivity index (χ4n) is 2.31. The Kier molecular flexibility index (Phi) is 7.57. The normalized spacial score (nSPS) is 14.8. The van der Waals surface area contributed by atoms with Crippen molar-refractivity contribution in [1.29, 1.82) is 0 Å². The van der Waals surface area contributed by atoms with Gasteiger partial charge in [-0.15, -0.1) is 0 Å². The van der Waals surface area contributed by atoms with E-state index in [-0.39, 0.29) is 16.5 Å². The maximum absolute atomic E-state index is 12.6. The van der Waals surface area contributed by atoms with Crippen molar-refractivity contribution in [3.8, 4) is 0 Å². The van der Waals surface area contributed by atoms with Crippen LogP contribution >= 0.6 is 0 Å². The maximum atomic E-state index is 12.6. The maximum Gasteiger partial charge on any atom is 0.326 e. The number of carboxylic acid groups (broad SMARTS) is 2. The Morgan fingerprint density at radius 1 is 1.20 bits per heavy atom. The average molecular weight is 444 g/mol. The van der Waals surface area contributed by atoms with E-state index in [1.54, 1.807) is 6.07 Å². The van der Waals surface area contributed by atoms with E-state index in [1.165, 1.54) is 24.3 Å². The predicted octanol–water partition coefficient (Wildman–Crippen LogP) is -0.323. The zero-order valence-electron chi connectivity index (χ0n) is 15.3. The Labute approximate surface area is 170 Å². The molecular weight excluding hydrogens is 426 g/mol. The molecule has 1 aromatic rings. The zero-order valence-corrected chi connectivity index (χ0v) is 16.1. The summed E-state index contributed by atoms with van der Waals surface area (Å²) in [4.78, 5) is 37.7. The van der Waals surface area contributed by atoms with Crippen molar-refractivity contribution in [1.82, 2.24) is 16.0 Å². The standard InChI is InChI=1S/C16H18N3O10S/c20-12(17-11(16(23)24)6-7-13(21)22)8-9-28-14-15(19(25)29-18-14)30(26,27)10-4-2-1-3-5-10/h1-5,11,18H,6-9H2,(H,17,20)(H,21,22)(H,23,24)/q-1/t11-/m0/s1. The highest BCUT2D eigenvalue weighted by atomic mass is 32.2. The van der Waals surface area contributed by atoms with Crippen LogP contribution in [0.1, 0.15) is 19.3 Å². The van der Waals surface area contributed by atoms with Crippen molar-refractivity contribution in [3.05, 3.63) is 46.5 Å². The zero-order chi connectivity index (χ0) is 22.3. The van der Waals surface area contributed by atoms with Crippen LogP contribution in [0, 0.1) is 5.21 Å². The minimum Gasteiger partial charge on any atom is -0.731 e. The first-order valence-electron chi connectivity index (χ1n) is 8.44. The molecular formula is C16H18N3O10S-. The van der Waals surface area contributed by atoms with Gasteiger partial charge in [-0.1, -0.05) is 18.2 Å². The molecule has 0 spiro atoms. The summed E-state index contributed by atoms with van der Waals surface area (Å²) >= 11 is 0. The van der Waals surface area contributed by atoms with E-state index in [4.69, 9.17) is 14.9 Å². The number of carbonyl (C=O) groups is 3. The number of ether oxygens (including phenoxy) is 1. The Morgan fingerprint density at radius 2 is 1.87 bits per heavy atom. The Hall–Kier alpha value is -3.36. The van der Waals surface area contributed by atoms with Crippen LogP contribution < -0.4 is 10.8 Å². The monoisotopic (exact) mass is 444 g/mol. The minimum absolute atomic E-state index is 0.185. The minimum atomic E-state index is -4.29. The van der Waals surface area contributed by atoms with Crippen molar-refractivity contribution < 1.29 is 42.7 Å². The van der Waals surface area contributed by atoms with Gasteiger partial charge in [0.2, 0.25) is 20.8 Å². The molecule has 1 aromatic carbocycles. The lowest BCUT2D eigenvalue weighted by molar-refractivity contribution is -0.143. The molecule has 1 aliphatic rings. The molecule has 0 radical (unpaired) electrons. The van der Waals surface area contributed by atoms with Gasteiger partial charge in [0.1, 0.15) is 6.04 Å². The van der Waals surface area contributed by atoms with E-state index in [9.17, 15) is 28.0 Å². The van der Waals surface area contributed by atoms with Gasteiger partial charge in [-0.3, -0.25) is 14.8 Å². The second kappa shape index (κ2) is 9.91. The van der Waals surface area contributed by atoms with Crippen molar-refractivity contribution in [2.24, 2.45) is 0 Å². The van der Waals surface area contributed by atoms with Gasteiger partial charge in [-0.25, -0.2) is 18.7 Å². The van der Waals surface area contributed by atoms with Crippen LogP contribution in [0.2, 0.25) is 0 Å². The average Bonchev–Trinajstić information content (AvgIpc) is 3.06. The van der Waals surface area contributed by atoms with Crippen molar-refractivity contribution >= 4 is 27.7 Å². The summed E-state index contributed by atoms with van der Waals surface area (Å²) in [7, 11) is -4.29. The van der Waals surface area contributed by atoms with E-state index in [1.807, 2.05) is 5.48 Å². The molecule has 1 amide bonds. The molecule has 4 N–H and O–H groups in total. The SMILES string of the molecule is O=C(O)CC[C@H](NC(=O)CCOC1=C(S(=O)(=O)c2ccccc2)N([O-])ON1)C(=O)O. The first-order chi connectivity index (χ1) is 14.1. The summed E-state index contributed by atoms with van der Waals surface area (Å²) in [5, 5.41) is 30.4. The number of aliphatic carboxylic acids is 2. The number of hydroxylamine groups is 3. The summed E-state index contributed by atoms with van der Waals surface area (Å²) in [6.45, 7) is -0.426. The summed E-state index contributed by atoms with van der Waals surface area (Å²) in [6.07, 6.45) is -1.18. The van der Waals surface area contributed by atoms with Gasteiger partial charge < -0.3 is 25.5 Å². The molecule has 0 bridgehead atoms.